The lowest BCUT2D eigenvalue weighted by atomic mass is 10.1. The number of hydrogen-bond donors (Lipinski definition) is 2. The van der Waals surface area contributed by atoms with Crippen LogP contribution in [-0.2, 0) is 0 Å². The number of piperazine rings is 1. The number of anilines is 2. The van der Waals surface area contributed by atoms with Crippen molar-refractivity contribution in [2.45, 2.75) is 20.3 Å². The first-order chi connectivity index (χ1) is 9.52. The Morgan fingerprint density at radius 1 is 1.30 bits per heavy atom. The molecule has 1 aromatic carbocycles. The monoisotopic (exact) mass is 277 g/mol. The number of benzene rings is 1. The summed E-state index contributed by atoms with van der Waals surface area (Å²) < 4.78 is 0. The number of carbonyl (C=O) groups is 1. The fraction of sp³-hybridized carbons (Fsp3) is 0.533. The molecule has 0 saturated carbocycles. The molecule has 20 heavy (non-hydrogen) atoms. The van der Waals surface area contributed by atoms with E-state index in [1.165, 1.54) is 6.42 Å². The highest BCUT2D eigenvalue weighted by atomic mass is 16.4. The highest BCUT2D eigenvalue weighted by Gasteiger charge is 2.19. The Morgan fingerprint density at radius 3 is 2.50 bits per heavy atom. The Balaban J connectivity index is 2.16. The number of carboxylic acids is 1. The second kappa shape index (κ2) is 6.13. The molecular formula is C15H23N3O2. The maximum absolute atomic E-state index is 11.2. The van der Waals surface area contributed by atoms with Crippen LogP contribution in [0.3, 0.4) is 0 Å². The first-order valence-corrected chi connectivity index (χ1v) is 7.13. The number of rotatable bonds is 4. The molecule has 0 bridgehead atoms. The normalized spacial score (nSPS) is 16.4. The highest BCUT2D eigenvalue weighted by Crippen LogP contribution is 2.26. The molecule has 1 aliphatic rings. The Bertz CT molecular complexity index is 494. The number of carboxylic acid groups (broad SMARTS) is 1. The standard InChI is InChI=1S/C15H23N3O2/c1-3-4-17-5-7-18(8-6-17)12-9-11(2)14(16)13(10-12)15(19)20/h9-10H,3-8,16H2,1-2H3,(H,19,20). The van der Waals surface area contributed by atoms with Gasteiger partial charge in [0.25, 0.3) is 0 Å². The van der Waals surface area contributed by atoms with Crippen LogP contribution in [-0.4, -0.2) is 48.7 Å². The van der Waals surface area contributed by atoms with Crippen molar-refractivity contribution in [3.63, 3.8) is 0 Å². The van der Waals surface area contributed by atoms with Gasteiger partial charge in [-0.05, 0) is 37.6 Å². The Kier molecular flexibility index (Phi) is 4.49. The van der Waals surface area contributed by atoms with Gasteiger partial charge in [-0.2, -0.15) is 0 Å². The summed E-state index contributed by atoms with van der Waals surface area (Å²) in [5.41, 5.74) is 8.20. The zero-order chi connectivity index (χ0) is 14.7. The van der Waals surface area contributed by atoms with E-state index in [-0.39, 0.29) is 5.56 Å². The van der Waals surface area contributed by atoms with Gasteiger partial charge in [0.1, 0.15) is 0 Å². The van der Waals surface area contributed by atoms with Crippen molar-refractivity contribution in [1.29, 1.82) is 0 Å². The van der Waals surface area contributed by atoms with Gasteiger partial charge in [-0.3, -0.25) is 4.90 Å². The topological polar surface area (TPSA) is 69.8 Å². The first-order valence-electron chi connectivity index (χ1n) is 7.13. The second-order valence-corrected chi connectivity index (χ2v) is 5.36. The maximum Gasteiger partial charge on any atom is 0.337 e. The number of aryl methyl sites for hydroxylation is 1. The molecule has 1 saturated heterocycles. The molecule has 0 unspecified atom stereocenters. The molecule has 5 heteroatoms. The largest absolute Gasteiger partial charge is 0.478 e. The number of nitrogens with zero attached hydrogens (tertiary/aromatic N) is 2. The predicted octanol–water partition coefficient (Wildman–Crippen LogP) is 1.81. The van der Waals surface area contributed by atoms with Gasteiger partial charge in [-0.15, -0.1) is 0 Å². The summed E-state index contributed by atoms with van der Waals surface area (Å²) in [6, 6.07) is 3.68. The summed E-state index contributed by atoms with van der Waals surface area (Å²) in [4.78, 5) is 15.9. The van der Waals surface area contributed by atoms with Crippen molar-refractivity contribution in [3.8, 4) is 0 Å². The van der Waals surface area contributed by atoms with E-state index in [4.69, 9.17) is 5.73 Å². The van der Waals surface area contributed by atoms with Crippen LogP contribution in [0.5, 0.6) is 0 Å². The summed E-state index contributed by atoms with van der Waals surface area (Å²) in [7, 11) is 0. The van der Waals surface area contributed by atoms with Crippen molar-refractivity contribution in [3.05, 3.63) is 23.3 Å². The highest BCUT2D eigenvalue weighted by molar-refractivity contribution is 5.95. The minimum Gasteiger partial charge on any atom is -0.478 e. The molecule has 0 aliphatic carbocycles. The van der Waals surface area contributed by atoms with Crippen LogP contribution in [0.2, 0.25) is 0 Å². The van der Waals surface area contributed by atoms with Gasteiger partial charge in [-0.1, -0.05) is 6.92 Å². The minimum atomic E-state index is -0.961. The zero-order valence-corrected chi connectivity index (χ0v) is 12.2. The molecule has 1 aromatic rings. The molecule has 1 fully saturated rings. The van der Waals surface area contributed by atoms with Gasteiger partial charge < -0.3 is 15.7 Å². The molecule has 1 heterocycles. The molecule has 2 rings (SSSR count). The summed E-state index contributed by atoms with van der Waals surface area (Å²) in [6.45, 7) is 9.10. The predicted molar refractivity (Wildman–Crippen MR) is 81.5 cm³/mol. The average Bonchev–Trinajstić information content (AvgIpc) is 2.42. The second-order valence-electron chi connectivity index (χ2n) is 5.36. The van der Waals surface area contributed by atoms with E-state index >= 15 is 0 Å². The third-order valence-corrected chi connectivity index (χ3v) is 3.88. The summed E-state index contributed by atoms with van der Waals surface area (Å²) in [6.07, 6.45) is 1.17. The van der Waals surface area contributed by atoms with Crippen LogP contribution < -0.4 is 10.6 Å². The van der Waals surface area contributed by atoms with E-state index in [0.29, 0.717) is 5.69 Å². The Morgan fingerprint density at radius 2 is 1.95 bits per heavy atom. The minimum absolute atomic E-state index is 0.205. The van der Waals surface area contributed by atoms with Crippen molar-refractivity contribution in [1.82, 2.24) is 4.90 Å². The molecule has 3 N–H and O–H groups in total. The number of aromatic carboxylic acids is 1. The summed E-state index contributed by atoms with van der Waals surface area (Å²) >= 11 is 0. The fourth-order valence-electron chi connectivity index (χ4n) is 2.68. The number of hydrogen-bond acceptors (Lipinski definition) is 4. The SMILES string of the molecule is CCCN1CCN(c2cc(C)c(N)c(C(=O)O)c2)CC1. The third kappa shape index (κ3) is 3.04. The maximum atomic E-state index is 11.2. The van der Waals surface area contributed by atoms with Gasteiger partial charge in [-0.25, -0.2) is 4.79 Å². The van der Waals surface area contributed by atoms with E-state index in [1.54, 1.807) is 6.07 Å². The lowest BCUT2D eigenvalue weighted by molar-refractivity contribution is 0.0698. The molecule has 1 aliphatic heterocycles. The lowest BCUT2D eigenvalue weighted by Crippen LogP contribution is -2.46. The van der Waals surface area contributed by atoms with Crippen molar-refractivity contribution >= 4 is 17.3 Å². The van der Waals surface area contributed by atoms with E-state index in [0.717, 1.165) is 44.0 Å². The molecule has 0 aromatic heterocycles. The summed E-state index contributed by atoms with van der Waals surface area (Å²) in [5, 5.41) is 9.22. The molecular weight excluding hydrogens is 254 g/mol. The van der Waals surface area contributed by atoms with E-state index in [2.05, 4.69) is 16.7 Å². The van der Waals surface area contributed by atoms with Crippen LogP contribution >= 0.6 is 0 Å². The van der Waals surface area contributed by atoms with Gasteiger partial charge in [0.2, 0.25) is 0 Å². The molecule has 0 atom stereocenters. The average molecular weight is 277 g/mol. The van der Waals surface area contributed by atoms with Crippen molar-refractivity contribution in [2.24, 2.45) is 0 Å². The van der Waals surface area contributed by atoms with E-state index in [1.807, 2.05) is 13.0 Å². The van der Waals surface area contributed by atoms with Crippen LogP contribution in [0.4, 0.5) is 11.4 Å². The van der Waals surface area contributed by atoms with Gasteiger partial charge >= 0.3 is 5.97 Å². The fourth-order valence-corrected chi connectivity index (χ4v) is 2.68. The van der Waals surface area contributed by atoms with Crippen molar-refractivity contribution in [2.75, 3.05) is 43.4 Å². The van der Waals surface area contributed by atoms with E-state index < -0.39 is 5.97 Å². The van der Waals surface area contributed by atoms with Crippen molar-refractivity contribution < 1.29 is 9.90 Å². The van der Waals surface area contributed by atoms with Gasteiger partial charge in [0.15, 0.2) is 0 Å². The van der Waals surface area contributed by atoms with E-state index in [9.17, 15) is 9.90 Å². The quantitative estimate of drug-likeness (QED) is 0.821. The molecule has 0 amide bonds. The molecule has 110 valence electrons. The third-order valence-electron chi connectivity index (χ3n) is 3.88. The first kappa shape index (κ1) is 14.7. The smallest absolute Gasteiger partial charge is 0.337 e. The van der Waals surface area contributed by atoms with Crippen LogP contribution in [0.25, 0.3) is 0 Å². The Hall–Kier alpha value is -1.75. The Labute approximate surface area is 120 Å². The zero-order valence-electron chi connectivity index (χ0n) is 12.2. The van der Waals surface area contributed by atoms with Crippen LogP contribution in [0, 0.1) is 6.92 Å². The summed E-state index contributed by atoms with van der Waals surface area (Å²) in [5.74, 6) is -0.961. The van der Waals surface area contributed by atoms with Gasteiger partial charge in [0, 0.05) is 37.6 Å². The lowest BCUT2D eigenvalue weighted by Gasteiger charge is -2.36. The molecule has 0 spiro atoms. The molecule has 0 radical (unpaired) electrons. The van der Waals surface area contributed by atoms with Crippen LogP contribution in [0.1, 0.15) is 29.3 Å². The van der Waals surface area contributed by atoms with Crippen LogP contribution in [0.15, 0.2) is 12.1 Å². The van der Waals surface area contributed by atoms with Gasteiger partial charge in [0.05, 0.1) is 5.56 Å². The molecule has 5 nitrogen and oxygen atoms in total. The number of nitrogen functional groups attached to an aromatic ring is 1. The number of nitrogens with two attached hydrogens (primary N) is 1.